The number of fused-ring (bicyclic) bond motifs is 1. The van der Waals surface area contributed by atoms with Crippen LogP contribution in [-0.2, 0) is 9.59 Å². The minimum absolute atomic E-state index is 0.0141. The van der Waals surface area contributed by atoms with E-state index in [0.717, 1.165) is 0 Å². The molecule has 0 spiro atoms. The van der Waals surface area contributed by atoms with Gasteiger partial charge in [0, 0.05) is 13.1 Å². The number of aliphatic hydroxyl groups excluding tert-OH is 1. The van der Waals surface area contributed by atoms with Crippen LogP contribution in [0.5, 0.6) is 0 Å². The van der Waals surface area contributed by atoms with Gasteiger partial charge in [0.2, 0.25) is 5.91 Å². The van der Waals surface area contributed by atoms with Crippen molar-refractivity contribution >= 4 is 23.6 Å². The number of carboxylic acid groups (broad SMARTS) is 1. The van der Waals surface area contributed by atoms with Crippen LogP contribution in [0.1, 0.15) is 6.92 Å². The summed E-state index contributed by atoms with van der Waals surface area (Å²) in [6, 6.07) is 0. The molecule has 1 amide bonds. The van der Waals surface area contributed by atoms with Crippen LogP contribution in [0.25, 0.3) is 0 Å². The predicted molar refractivity (Wildman–Crippen MR) is 57.7 cm³/mol. The quantitative estimate of drug-likeness (QED) is 0.534. The Bertz CT molecular complexity index is 348. The molecule has 0 aromatic rings. The van der Waals surface area contributed by atoms with Crippen molar-refractivity contribution in [1.82, 2.24) is 4.90 Å². The number of rotatable bonds is 3. The van der Waals surface area contributed by atoms with Crippen molar-refractivity contribution in [3.8, 4) is 0 Å². The monoisotopic (exact) mass is 246 g/mol. The molecule has 2 heterocycles. The molecule has 6 nitrogen and oxygen atoms in total. The molecule has 0 aromatic heterocycles. The summed E-state index contributed by atoms with van der Waals surface area (Å²) in [6.07, 6.45) is -0.747. The van der Waals surface area contributed by atoms with Gasteiger partial charge in [0.05, 0.1) is 17.4 Å². The van der Waals surface area contributed by atoms with Crippen LogP contribution < -0.4 is 5.73 Å². The summed E-state index contributed by atoms with van der Waals surface area (Å²) in [7, 11) is 0. The van der Waals surface area contributed by atoms with Crippen molar-refractivity contribution in [2.45, 2.75) is 23.1 Å². The number of hydrogen-bond donors (Lipinski definition) is 3. The molecule has 0 saturated carbocycles. The van der Waals surface area contributed by atoms with E-state index in [2.05, 4.69) is 0 Å². The fourth-order valence-corrected chi connectivity index (χ4v) is 3.83. The molecule has 0 bridgehead atoms. The number of thioether (sulfide) groups is 1. The van der Waals surface area contributed by atoms with Gasteiger partial charge in [0.1, 0.15) is 4.75 Å². The Hall–Kier alpha value is -0.790. The van der Waals surface area contributed by atoms with Gasteiger partial charge in [-0.25, -0.2) is 0 Å². The van der Waals surface area contributed by atoms with Crippen LogP contribution in [0.3, 0.4) is 0 Å². The molecule has 16 heavy (non-hydrogen) atoms. The third kappa shape index (κ3) is 1.35. The van der Waals surface area contributed by atoms with Crippen LogP contribution in [0.15, 0.2) is 0 Å². The number of carbonyl (C=O) groups is 2. The number of carbonyl (C=O) groups excluding carboxylic acids is 1. The molecule has 0 aliphatic carbocycles. The molecule has 2 aliphatic heterocycles. The minimum Gasteiger partial charge on any atom is -0.480 e. The lowest BCUT2D eigenvalue weighted by Crippen LogP contribution is -2.60. The average molecular weight is 246 g/mol. The fraction of sp³-hybridized carbons (Fsp3) is 0.778. The molecule has 2 saturated heterocycles. The lowest BCUT2D eigenvalue weighted by molar-refractivity contribution is -0.156. The lowest BCUT2D eigenvalue weighted by Gasteiger charge is -2.42. The Morgan fingerprint density at radius 2 is 2.44 bits per heavy atom. The van der Waals surface area contributed by atoms with Crippen molar-refractivity contribution in [2.75, 3.05) is 13.1 Å². The van der Waals surface area contributed by atoms with E-state index in [4.69, 9.17) is 10.8 Å². The summed E-state index contributed by atoms with van der Waals surface area (Å²) in [4.78, 5) is 24.3. The number of nitrogens with two attached hydrogens (primary N) is 1. The maximum absolute atomic E-state index is 11.6. The smallest absolute Gasteiger partial charge is 0.323 e. The normalized spacial score (nSPS) is 39.2. The van der Waals surface area contributed by atoms with Crippen LogP contribution in [0, 0.1) is 5.92 Å². The number of carboxylic acids is 1. The van der Waals surface area contributed by atoms with Crippen molar-refractivity contribution < 1.29 is 19.8 Å². The van der Waals surface area contributed by atoms with Gasteiger partial charge in [-0.1, -0.05) is 0 Å². The van der Waals surface area contributed by atoms with Crippen LogP contribution in [-0.4, -0.2) is 56.3 Å². The largest absolute Gasteiger partial charge is 0.480 e. The molecule has 0 aromatic carbocycles. The standard InChI is InChI=1S/C9H14N2O4S/c1-4(12)5-6(13)11-3-9(2-10,8(14)15)16-7(5)11/h4-5,7,12H,2-3,10H2,1H3,(H,14,15)/t4-,5?,7-,9?/m1/s1. The van der Waals surface area contributed by atoms with E-state index in [-0.39, 0.29) is 24.4 Å². The summed E-state index contributed by atoms with van der Waals surface area (Å²) in [5.41, 5.74) is 5.49. The van der Waals surface area contributed by atoms with Gasteiger partial charge in [0.15, 0.2) is 0 Å². The molecule has 2 unspecified atom stereocenters. The second-order valence-corrected chi connectivity index (χ2v) is 5.74. The van der Waals surface area contributed by atoms with E-state index in [1.165, 1.54) is 16.7 Å². The van der Waals surface area contributed by atoms with Crippen LogP contribution >= 0.6 is 11.8 Å². The van der Waals surface area contributed by atoms with E-state index in [0.29, 0.717) is 0 Å². The van der Waals surface area contributed by atoms with Gasteiger partial charge in [-0.05, 0) is 6.92 Å². The van der Waals surface area contributed by atoms with Gasteiger partial charge in [-0.15, -0.1) is 11.8 Å². The Kier molecular flexibility index (Phi) is 2.64. The highest BCUT2D eigenvalue weighted by Gasteiger charge is 2.62. The van der Waals surface area contributed by atoms with E-state index < -0.39 is 22.7 Å². The molecule has 2 fully saturated rings. The Balaban J connectivity index is 2.19. The first kappa shape index (κ1) is 11.7. The predicted octanol–water partition coefficient (Wildman–Crippen LogP) is -1.32. The highest BCUT2D eigenvalue weighted by molar-refractivity contribution is 8.02. The van der Waals surface area contributed by atoms with Crippen LogP contribution in [0.2, 0.25) is 0 Å². The Morgan fingerprint density at radius 1 is 1.81 bits per heavy atom. The first-order valence-electron chi connectivity index (χ1n) is 5.03. The molecule has 90 valence electrons. The SMILES string of the molecule is C[C@@H](O)C1C(=O)N2CC(CN)(C(=O)O)S[C@H]12. The molecular weight excluding hydrogens is 232 g/mol. The Morgan fingerprint density at radius 3 is 2.88 bits per heavy atom. The number of amides is 1. The van der Waals surface area contributed by atoms with Crippen molar-refractivity contribution in [1.29, 1.82) is 0 Å². The van der Waals surface area contributed by atoms with E-state index in [1.807, 2.05) is 0 Å². The first-order chi connectivity index (χ1) is 7.43. The number of β-lactam (4-membered cyclic amide) rings is 1. The zero-order valence-corrected chi connectivity index (χ0v) is 9.61. The van der Waals surface area contributed by atoms with Crippen molar-refractivity contribution in [3.63, 3.8) is 0 Å². The maximum Gasteiger partial charge on any atom is 0.323 e. The summed E-state index contributed by atoms with van der Waals surface area (Å²) >= 11 is 1.18. The molecule has 4 atom stereocenters. The zero-order chi connectivity index (χ0) is 12.1. The topological polar surface area (TPSA) is 104 Å². The van der Waals surface area contributed by atoms with Gasteiger partial charge in [-0.3, -0.25) is 9.59 Å². The fourth-order valence-electron chi connectivity index (χ4n) is 2.16. The lowest BCUT2D eigenvalue weighted by atomic mass is 9.92. The third-order valence-electron chi connectivity index (χ3n) is 3.19. The van der Waals surface area contributed by atoms with Gasteiger partial charge in [-0.2, -0.15) is 0 Å². The van der Waals surface area contributed by atoms with Gasteiger partial charge in [0.25, 0.3) is 0 Å². The zero-order valence-electron chi connectivity index (χ0n) is 8.79. The maximum atomic E-state index is 11.6. The summed E-state index contributed by atoms with van der Waals surface area (Å²) in [5, 5.41) is 18.3. The molecule has 7 heteroatoms. The van der Waals surface area contributed by atoms with E-state index >= 15 is 0 Å². The molecule has 2 rings (SSSR count). The summed E-state index contributed by atoms with van der Waals surface area (Å²) in [5.74, 6) is -1.66. The Labute approximate surface area is 96.8 Å². The molecular formula is C9H14N2O4S. The average Bonchev–Trinajstić information content (AvgIpc) is 2.53. The highest BCUT2D eigenvalue weighted by atomic mass is 32.2. The van der Waals surface area contributed by atoms with Gasteiger partial charge < -0.3 is 20.8 Å². The molecule has 2 aliphatic rings. The van der Waals surface area contributed by atoms with E-state index in [9.17, 15) is 14.7 Å². The number of hydrogen-bond acceptors (Lipinski definition) is 5. The number of nitrogens with zero attached hydrogens (tertiary/aromatic N) is 1. The van der Waals surface area contributed by atoms with Crippen molar-refractivity contribution in [2.24, 2.45) is 11.7 Å². The molecule has 0 radical (unpaired) electrons. The third-order valence-corrected chi connectivity index (χ3v) is 4.90. The second-order valence-electron chi connectivity index (χ2n) is 4.24. The van der Waals surface area contributed by atoms with Crippen molar-refractivity contribution in [3.05, 3.63) is 0 Å². The molecule has 4 N–H and O–H groups in total. The summed E-state index contributed by atoms with van der Waals surface area (Å²) < 4.78 is -1.11. The summed E-state index contributed by atoms with van der Waals surface area (Å²) in [6.45, 7) is 1.67. The highest BCUT2D eigenvalue weighted by Crippen LogP contribution is 2.50. The van der Waals surface area contributed by atoms with E-state index in [1.54, 1.807) is 6.92 Å². The first-order valence-corrected chi connectivity index (χ1v) is 5.91. The van der Waals surface area contributed by atoms with Crippen LogP contribution in [0.4, 0.5) is 0 Å². The van der Waals surface area contributed by atoms with Gasteiger partial charge >= 0.3 is 5.97 Å². The minimum atomic E-state index is -1.11. The second kappa shape index (κ2) is 3.61. The number of aliphatic carboxylic acids is 1. The number of aliphatic hydroxyl groups is 1.